The number of nitrogens with zero attached hydrogens (tertiary/aromatic N) is 5. The molecule has 7 nitrogen and oxygen atoms in total. The lowest BCUT2D eigenvalue weighted by Crippen LogP contribution is -2.52. The monoisotopic (exact) mass is 350 g/mol. The summed E-state index contributed by atoms with van der Waals surface area (Å²) in [5.41, 5.74) is 1.00. The van der Waals surface area contributed by atoms with Gasteiger partial charge < -0.3 is 14.7 Å². The first-order chi connectivity index (χ1) is 12.1. The molecule has 1 aromatic rings. The van der Waals surface area contributed by atoms with Crippen LogP contribution in [0.4, 0.5) is 0 Å². The van der Waals surface area contributed by atoms with Crippen LogP contribution in [0.15, 0.2) is 21.8 Å². The Bertz CT molecular complexity index is 494. The zero-order valence-electron chi connectivity index (χ0n) is 16.2. The van der Waals surface area contributed by atoms with Crippen molar-refractivity contribution in [3.8, 4) is 0 Å². The first-order valence-electron chi connectivity index (χ1n) is 9.53. The third-order valence-corrected chi connectivity index (χ3v) is 4.67. The number of nitrogens with one attached hydrogen (secondary N) is 1. The van der Waals surface area contributed by atoms with Crippen LogP contribution < -0.4 is 5.32 Å². The van der Waals surface area contributed by atoms with E-state index in [0.717, 1.165) is 70.6 Å². The number of piperazine rings is 1. The lowest BCUT2D eigenvalue weighted by molar-refractivity contribution is 0.168. The summed E-state index contributed by atoms with van der Waals surface area (Å²) >= 11 is 0. The van der Waals surface area contributed by atoms with Gasteiger partial charge >= 0.3 is 0 Å². The van der Waals surface area contributed by atoms with E-state index in [1.165, 1.54) is 0 Å². The van der Waals surface area contributed by atoms with Crippen molar-refractivity contribution >= 4 is 5.96 Å². The van der Waals surface area contributed by atoms with E-state index < -0.39 is 0 Å². The number of likely N-dealkylation sites (N-methyl/N-ethyl adjacent to an activating group) is 1. The van der Waals surface area contributed by atoms with Crippen LogP contribution in [-0.4, -0.2) is 84.2 Å². The molecule has 0 radical (unpaired) electrons. The van der Waals surface area contributed by atoms with Gasteiger partial charge in [0.05, 0.1) is 12.2 Å². The van der Waals surface area contributed by atoms with Gasteiger partial charge in [0.25, 0.3) is 0 Å². The molecule has 0 bridgehead atoms. The Morgan fingerprint density at radius 2 is 2.08 bits per heavy atom. The molecule has 0 atom stereocenters. The molecule has 25 heavy (non-hydrogen) atoms. The van der Waals surface area contributed by atoms with Crippen molar-refractivity contribution in [2.24, 2.45) is 4.99 Å². The number of guanidine groups is 1. The predicted molar refractivity (Wildman–Crippen MR) is 102 cm³/mol. The Hall–Kier alpha value is -1.60. The molecule has 2 rings (SSSR count). The van der Waals surface area contributed by atoms with Crippen molar-refractivity contribution in [3.05, 3.63) is 18.0 Å². The fourth-order valence-corrected chi connectivity index (χ4v) is 3.16. The van der Waals surface area contributed by atoms with E-state index in [2.05, 4.69) is 52.9 Å². The summed E-state index contributed by atoms with van der Waals surface area (Å²) in [7, 11) is 0. The summed E-state index contributed by atoms with van der Waals surface area (Å²) < 4.78 is 4.92. The lowest BCUT2D eigenvalue weighted by Gasteiger charge is -2.36. The topological polar surface area (TPSA) is 60.1 Å². The standard InChI is InChI=1S/C18H34N6O/c1-5-19-18(20-8-9-23(6-2)16(3)4)24-12-10-22(11-13-24)15-17-7-14-25-21-17/h7,14,16H,5-6,8-13,15H2,1-4H3,(H,19,20). The largest absolute Gasteiger partial charge is 0.364 e. The van der Waals surface area contributed by atoms with Gasteiger partial charge in [0, 0.05) is 57.9 Å². The Kier molecular flexibility index (Phi) is 8.21. The van der Waals surface area contributed by atoms with Crippen LogP contribution in [0.5, 0.6) is 0 Å². The fourth-order valence-electron chi connectivity index (χ4n) is 3.16. The SMILES string of the molecule is CCNC(=NCCN(CC)C(C)C)N1CCN(Cc2ccon2)CC1. The smallest absolute Gasteiger partial charge is 0.194 e. The zero-order chi connectivity index (χ0) is 18.1. The first-order valence-corrected chi connectivity index (χ1v) is 9.53. The highest BCUT2D eigenvalue weighted by molar-refractivity contribution is 5.80. The summed E-state index contributed by atoms with van der Waals surface area (Å²) in [5, 5.41) is 7.45. The molecule has 1 fully saturated rings. The fraction of sp³-hybridized carbons (Fsp3) is 0.778. The summed E-state index contributed by atoms with van der Waals surface area (Å²) in [6.45, 7) is 17.5. The first kappa shape index (κ1) is 19.7. The number of aliphatic imine (C=N–C) groups is 1. The van der Waals surface area contributed by atoms with E-state index >= 15 is 0 Å². The van der Waals surface area contributed by atoms with Crippen LogP contribution in [0.3, 0.4) is 0 Å². The van der Waals surface area contributed by atoms with Gasteiger partial charge in [0.15, 0.2) is 5.96 Å². The minimum Gasteiger partial charge on any atom is -0.364 e. The molecule has 142 valence electrons. The number of hydrogen-bond acceptors (Lipinski definition) is 5. The molecule has 1 aliphatic heterocycles. The van der Waals surface area contributed by atoms with Gasteiger partial charge in [-0.25, -0.2) is 0 Å². The van der Waals surface area contributed by atoms with Crippen molar-refractivity contribution in [1.82, 2.24) is 25.2 Å². The maximum Gasteiger partial charge on any atom is 0.194 e. The van der Waals surface area contributed by atoms with Crippen molar-refractivity contribution in [1.29, 1.82) is 0 Å². The second-order valence-electron chi connectivity index (χ2n) is 6.71. The molecule has 1 aromatic heterocycles. The average Bonchev–Trinajstić information content (AvgIpc) is 3.11. The van der Waals surface area contributed by atoms with Crippen LogP contribution in [0, 0.1) is 0 Å². The Morgan fingerprint density at radius 1 is 1.32 bits per heavy atom. The van der Waals surface area contributed by atoms with E-state index in [4.69, 9.17) is 9.52 Å². The third kappa shape index (κ3) is 6.32. The molecule has 0 amide bonds. The molecule has 2 heterocycles. The molecule has 1 N–H and O–H groups in total. The maximum atomic E-state index is 4.92. The van der Waals surface area contributed by atoms with E-state index in [0.29, 0.717) is 6.04 Å². The highest BCUT2D eigenvalue weighted by Crippen LogP contribution is 2.07. The van der Waals surface area contributed by atoms with Gasteiger partial charge in [-0.2, -0.15) is 0 Å². The van der Waals surface area contributed by atoms with E-state index in [1.54, 1.807) is 6.26 Å². The zero-order valence-corrected chi connectivity index (χ0v) is 16.2. The van der Waals surface area contributed by atoms with Gasteiger partial charge in [0.2, 0.25) is 0 Å². The Balaban J connectivity index is 1.82. The molecule has 0 aromatic carbocycles. The molecule has 0 saturated carbocycles. The van der Waals surface area contributed by atoms with Gasteiger partial charge in [-0.05, 0) is 27.3 Å². The summed E-state index contributed by atoms with van der Waals surface area (Å²) in [4.78, 5) is 12.1. The van der Waals surface area contributed by atoms with Crippen molar-refractivity contribution in [3.63, 3.8) is 0 Å². The number of hydrogen-bond donors (Lipinski definition) is 1. The quantitative estimate of drug-likeness (QED) is 0.566. The molecule has 0 unspecified atom stereocenters. The maximum absolute atomic E-state index is 4.92. The molecule has 0 spiro atoms. The normalized spacial score (nSPS) is 16.9. The summed E-state index contributed by atoms with van der Waals surface area (Å²) in [6.07, 6.45) is 1.64. The number of rotatable bonds is 8. The minimum atomic E-state index is 0.572. The second kappa shape index (κ2) is 10.4. The van der Waals surface area contributed by atoms with E-state index in [1.807, 2.05) is 6.07 Å². The Morgan fingerprint density at radius 3 is 2.64 bits per heavy atom. The second-order valence-corrected chi connectivity index (χ2v) is 6.71. The highest BCUT2D eigenvalue weighted by Gasteiger charge is 2.20. The van der Waals surface area contributed by atoms with Crippen molar-refractivity contribution < 1.29 is 4.52 Å². The molecule has 1 aliphatic rings. The Labute approximate surface area is 152 Å². The van der Waals surface area contributed by atoms with Crippen LogP contribution in [-0.2, 0) is 6.54 Å². The minimum absolute atomic E-state index is 0.572. The van der Waals surface area contributed by atoms with E-state index in [-0.39, 0.29) is 0 Å². The summed E-state index contributed by atoms with van der Waals surface area (Å²) in [6, 6.07) is 2.51. The van der Waals surface area contributed by atoms with Gasteiger partial charge in [-0.3, -0.25) is 14.8 Å². The molecular formula is C18H34N6O. The van der Waals surface area contributed by atoms with Gasteiger partial charge in [0.1, 0.15) is 6.26 Å². The van der Waals surface area contributed by atoms with E-state index in [9.17, 15) is 0 Å². The van der Waals surface area contributed by atoms with Crippen LogP contribution >= 0.6 is 0 Å². The third-order valence-electron chi connectivity index (χ3n) is 4.67. The van der Waals surface area contributed by atoms with Gasteiger partial charge in [-0.15, -0.1) is 0 Å². The average molecular weight is 351 g/mol. The van der Waals surface area contributed by atoms with Crippen LogP contribution in [0.25, 0.3) is 0 Å². The molecule has 7 heteroatoms. The van der Waals surface area contributed by atoms with Crippen molar-refractivity contribution in [2.45, 2.75) is 40.3 Å². The molecule has 1 saturated heterocycles. The predicted octanol–water partition coefficient (Wildman–Crippen LogP) is 1.49. The highest BCUT2D eigenvalue weighted by atomic mass is 16.5. The summed E-state index contributed by atoms with van der Waals surface area (Å²) in [5.74, 6) is 1.04. The van der Waals surface area contributed by atoms with Crippen LogP contribution in [0.2, 0.25) is 0 Å². The molecular weight excluding hydrogens is 316 g/mol. The van der Waals surface area contributed by atoms with Crippen molar-refractivity contribution in [2.75, 3.05) is 52.4 Å². The van der Waals surface area contributed by atoms with Gasteiger partial charge in [-0.1, -0.05) is 12.1 Å². The molecule has 0 aliphatic carbocycles. The number of aromatic nitrogens is 1. The lowest BCUT2D eigenvalue weighted by atomic mass is 10.3. The van der Waals surface area contributed by atoms with Crippen LogP contribution in [0.1, 0.15) is 33.4 Å².